The molecule has 1 fully saturated rings. The van der Waals surface area contributed by atoms with Crippen LogP contribution in [0.5, 0.6) is 0 Å². The van der Waals surface area contributed by atoms with Gasteiger partial charge in [0.15, 0.2) is 0 Å². The molecule has 2 rings (SSSR count). The average Bonchev–Trinajstić information content (AvgIpc) is 2.73. The highest BCUT2D eigenvalue weighted by molar-refractivity contribution is 7.09. The molecule has 0 aliphatic carbocycles. The van der Waals surface area contributed by atoms with Crippen LogP contribution in [0.3, 0.4) is 0 Å². The number of likely N-dealkylation sites (tertiary alicyclic amines) is 1. The summed E-state index contributed by atoms with van der Waals surface area (Å²) in [6, 6.07) is -0.0116. The number of hydrogen-bond acceptors (Lipinski definition) is 4. The van der Waals surface area contributed by atoms with Crippen molar-refractivity contribution in [3.8, 4) is 0 Å². The van der Waals surface area contributed by atoms with E-state index in [1.807, 2.05) is 17.3 Å². The van der Waals surface area contributed by atoms with Gasteiger partial charge in [-0.2, -0.15) is 0 Å². The molecule has 1 aliphatic heterocycles. The maximum atomic E-state index is 12.1. The van der Waals surface area contributed by atoms with Crippen LogP contribution in [-0.4, -0.2) is 35.4 Å². The van der Waals surface area contributed by atoms with Crippen molar-refractivity contribution >= 4 is 17.2 Å². The first kappa shape index (κ1) is 11.5. The fourth-order valence-corrected chi connectivity index (χ4v) is 2.66. The highest BCUT2D eigenvalue weighted by Crippen LogP contribution is 2.16. The third-order valence-corrected chi connectivity index (χ3v) is 3.70. The van der Waals surface area contributed by atoms with E-state index in [1.165, 1.54) is 0 Å². The van der Waals surface area contributed by atoms with Gasteiger partial charge in [-0.25, -0.2) is 4.98 Å². The smallest absolute Gasteiger partial charge is 0.240 e. The zero-order valence-corrected chi connectivity index (χ0v) is 10.3. The first-order valence-electron chi connectivity index (χ1n) is 5.65. The van der Waals surface area contributed by atoms with Crippen LogP contribution in [0.4, 0.5) is 0 Å². The van der Waals surface area contributed by atoms with E-state index in [0.717, 1.165) is 30.8 Å². The Labute approximate surface area is 99.7 Å². The molecule has 2 heterocycles. The van der Waals surface area contributed by atoms with Crippen LogP contribution in [0.15, 0.2) is 11.6 Å². The minimum atomic E-state index is -0.0116. The number of amides is 1. The molecule has 88 valence electrons. The summed E-state index contributed by atoms with van der Waals surface area (Å²) in [6.45, 7) is 1.52. The molecule has 16 heavy (non-hydrogen) atoms. The molecule has 1 saturated heterocycles. The summed E-state index contributed by atoms with van der Waals surface area (Å²) in [6.07, 6.45) is 4.95. The zero-order chi connectivity index (χ0) is 11.4. The van der Waals surface area contributed by atoms with Crippen molar-refractivity contribution in [1.82, 2.24) is 15.2 Å². The van der Waals surface area contributed by atoms with E-state index in [2.05, 4.69) is 10.3 Å². The second kappa shape index (κ2) is 5.41. The Balaban J connectivity index is 2.04. The molecule has 1 aromatic rings. The summed E-state index contributed by atoms with van der Waals surface area (Å²) in [4.78, 5) is 18.3. The van der Waals surface area contributed by atoms with E-state index in [0.29, 0.717) is 6.54 Å². The number of aromatic nitrogens is 1. The highest BCUT2D eigenvalue weighted by Gasteiger charge is 2.25. The molecule has 1 amide bonds. The molecule has 1 atom stereocenters. The molecular formula is C11H17N3OS. The molecule has 4 nitrogen and oxygen atoms in total. The van der Waals surface area contributed by atoms with Crippen molar-refractivity contribution in [1.29, 1.82) is 0 Å². The lowest BCUT2D eigenvalue weighted by Crippen LogP contribution is -2.43. The van der Waals surface area contributed by atoms with Gasteiger partial charge in [-0.3, -0.25) is 4.79 Å². The van der Waals surface area contributed by atoms with E-state index in [1.54, 1.807) is 17.5 Å². The molecule has 1 unspecified atom stereocenters. The average molecular weight is 239 g/mol. The summed E-state index contributed by atoms with van der Waals surface area (Å²) >= 11 is 1.61. The molecule has 0 radical (unpaired) electrons. The van der Waals surface area contributed by atoms with Crippen molar-refractivity contribution in [2.75, 3.05) is 13.6 Å². The Morgan fingerprint density at radius 3 is 3.19 bits per heavy atom. The number of rotatable bonds is 3. The number of carbonyl (C=O) groups is 1. The van der Waals surface area contributed by atoms with Crippen molar-refractivity contribution in [2.45, 2.75) is 31.8 Å². The molecule has 0 saturated carbocycles. The SMILES string of the molecule is CNC1CCCCN(Cc2nccs2)C1=O. The first-order valence-corrected chi connectivity index (χ1v) is 6.53. The van der Waals surface area contributed by atoms with Crippen molar-refractivity contribution in [2.24, 2.45) is 0 Å². The van der Waals surface area contributed by atoms with Crippen LogP contribution in [0.25, 0.3) is 0 Å². The van der Waals surface area contributed by atoms with Crippen molar-refractivity contribution in [3.05, 3.63) is 16.6 Å². The topological polar surface area (TPSA) is 45.2 Å². The normalized spacial score (nSPS) is 22.2. The number of likely N-dealkylation sites (N-methyl/N-ethyl adjacent to an activating group) is 1. The molecule has 0 spiro atoms. The number of thiazole rings is 1. The summed E-state index contributed by atoms with van der Waals surface area (Å²) < 4.78 is 0. The number of hydrogen-bond donors (Lipinski definition) is 1. The fourth-order valence-electron chi connectivity index (χ4n) is 2.02. The molecular weight excluding hydrogens is 222 g/mol. The van der Waals surface area contributed by atoms with Crippen LogP contribution in [0.2, 0.25) is 0 Å². The quantitative estimate of drug-likeness (QED) is 0.863. The summed E-state index contributed by atoms with van der Waals surface area (Å²) in [5.41, 5.74) is 0. The minimum Gasteiger partial charge on any atom is -0.335 e. The van der Waals surface area contributed by atoms with Crippen LogP contribution < -0.4 is 5.32 Å². The Kier molecular flexibility index (Phi) is 3.90. The summed E-state index contributed by atoms with van der Waals surface area (Å²) in [7, 11) is 1.86. The lowest BCUT2D eigenvalue weighted by molar-refractivity contribution is -0.133. The Morgan fingerprint density at radius 2 is 2.50 bits per heavy atom. The molecule has 0 aromatic carbocycles. The zero-order valence-electron chi connectivity index (χ0n) is 9.48. The number of nitrogens with zero attached hydrogens (tertiary/aromatic N) is 2. The number of carbonyl (C=O) groups excluding carboxylic acids is 1. The lowest BCUT2D eigenvalue weighted by atomic mass is 10.1. The van der Waals surface area contributed by atoms with Gasteiger partial charge in [0.25, 0.3) is 0 Å². The minimum absolute atomic E-state index is 0.0116. The largest absolute Gasteiger partial charge is 0.335 e. The lowest BCUT2D eigenvalue weighted by Gasteiger charge is -2.23. The second-order valence-corrected chi connectivity index (χ2v) is 5.00. The molecule has 1 aromatic heterocycles. The van der Waals surface area contributed by atoms with Gasteiger partial charge in [0.1, 0.15) is 5.01 Å². The van der Waals surface area contributed by atoms with Gasteiger partial charge in [-0.1, -0.05) is 0 Å². The van der Waals surface area contributed by atoms with Crippen LogP contribution in [0, 0.1) is 0 Å². The van der Waals surface area contributed by atoms with E-state index in [4.69, 9.17) is 0 Å². The third kappa shape index (κ3) is 2.59. The standard InChI is InChI=1S/C11H17N3OS/c1-12-9-4-2-3-6-14(11(9)15)8-10-13-5-7-16-10/h5,7,9,12H,2-4,6,8H2,1H3. The summed E-state index contributed by atoms with van der Waals surface area (Å²) in [5, 5.41) is 6.07. The Morgan fingerprint density at radius 1 is 1.62 bits per heavy atom. The van der Waals surface area contributed by atoms with E-state index < -0.39 is 0 Å². The van der Waals surface area contributed by atoms with E-state index >= 15 is 0 Å². The third-order valence-electron chi connectivity index (χ3n) is 2.94. The maximum absolute atomic E-state index is 12.1. The molecule has 5 heteroatoms. The Hall–Kier alpha value is -0.940. The van der Waals surface area contributed by atoms with Gasteiger partial charge in [-0.15, -0.1) is 11.3 Å². The predicted octanol–water partition coefficient (Wildman–Crippen LogP) is 1.24. The van der Waals surface area contributed by atoms with Crippen LogP contribution in [-0.2, 0) is 11.3 Å². The fraction of sp³-hybridized carbons (Fsp3) is 0.636. The highest BCUT2D eigenvalue weighted by atomic mass is 32.1. The second-order valence-electron chi connectivity index (χ2n) is 4.02. The monoisotopic (exact) mass is 239 g/mol. The number of nitrogens with one attached hydrogen (secondary N) is 1. The predicted molar refractivity (Wildman–Crippen MR) is 64.2 cm³/mol. The van der Waals surface area contributed by atoms with E-state index in [-0.39, 0.29) is 11.9 Å². The van der Waals surface area contributed by atoms with Gasteiger partial charge in [0.2, 0.25) is 5.91 Å². The van der Waals surface area contributed by atoms with Gasteiger partial charge in [0, 0.05) is 18.1 Å². The first-order chi connectivity index (χ1) is 7.81. The summed E-state index contributed by atoms with van der Waals surface area (Å²) in [5.74, 6) is 0.218. The van der Waals surface area contributed by atoms with Gasteiger partial charge >= 0.3 is 0 Å². The van der Waals surface area contributed by atoms with Gasteiger partial charge in [-0.05, 0) is 26.3 Å². The van der Waals surface area contributed by atoms with Gasteiger partial charge < -0.3 is 10.2 Å². The van der Waals surface area contributed by atoms with Gasteiger partial charge in [0.05, 0.1) is 12.6 Å². The van der Waals surface area contributed by atoms with E-state index in [9.17, 15) is 4.79 Å². The van der Waals surface area contributed by atoms with Crippen molar-refractivity contribution < 1.29 is 4.79 Å². The molecule has 0 bridgehead atoms. The van der Waals surface area contributed by atoms with Crippen LogP contribution in [0.1, 0.15) is 24.3 Å². The maximum Gasteiger partial charge on any atom is 0.240 e. The molecule has 1 aliphatic rings. The van der Waals surface area contributed by atoms with Crippen LogP contribution >= 0.6 is 11.3 Å². The van der Waals surface area contributed by atoms with Crippen molar-refractivity contribution in [3.63, 3.8) is 0 Å². The molecule has 1 N–H and O–H groups in total. The Bertz CT molecular complexity index is 339.